The summed E-state index contributed by atoms with van der Waals surface area (Å²) in [6, 6.07) is 20.7. The maximum Gasteiger partial charge on any atom is 0.230 e. The number of piperidine rings is 1. The number of hydrogen-bond donors (Lipinski definition) is 0. The molecule has 2 heterocycles. The van der Waals surface area contributed by atoms with Gasteiger partial charge < -0.3 is 9.42 Å². The van der Waals surface area contributed by atoms with Crippen molar-refractivity contribution in [1.82, 2.24) is 15.0 Å². The minimum Gasteiger partial charge on any atom is -0.339 e. The van der Waals surface area contributed by atoms with E-state index < -0.39 is 0 Å². The van der Waals surface area contributed by atoms with Gasteiger partial charge in [0, 0.05) is 18.0 Å². The molecule has 0 aliphatic carbocycles. The van der Waals surface area contributed by atoms with Gasteiger partial charge >= 0.3 is 0 Å². The van der Waals surface area contributed by atoms with E-state index in [0.29, 0.717) is 11.7 Å². The van der Waals surface area contributed by atoms with Gasteiger partial charge in [0.25, 0.3) is 0 Å². The minimum atomic E-state index is 0.387. The highest BCUT2D eigenvalue weighted by atomic mass is 16.5. The fourth-order valence-electron chi connectivity index (χ4n) is 3.44. The lowest BCUT2D eigenvalue weighted by Crippen LogP contribution is -2.34. The van der Waals surface area contributed by atoms with E-state index in [0.717, 1.165) is 50.4 Å². The zero-order valence-corrected chi connectivity index (χ0v) is 14.3. The number of nitrogens with zero attached hydrogens (tertiary/aromatic N) is 3. The van der Waals surface area contributed by atoms with E-state index in [2.05, 4.69) is 45.4 Å². The predicted molar refractivity (Wildman–Crippen MR) is 98.3 cm³/mol. The van der Waals surface area contributed by atoms with Crippen molar-refractivity contribution in [2.45, 2.75) is 25.2 Å². The summed E-state index contributed by atoms with van der Waals surface area (Å²) in [5, 5.41) is 4.16. The van der Waals surface area contributed by atoms with Gasteiger partial charge in [0.15, 0.2) is 0 Å². The highest BCUT2D eigenvalue weighted by Gasteiger charge is 2.25. The molecule has 0 atom stereocenters. The third kappa shape index (κ3) is 3.97. The van der Waals surface area contributed by atoms with Crippen LogP contribution in [-0.2, 0) is 6.42 Å². The summed E-state index contributed by atoms with van der Waals surface area (Å²) in [6.07, 6.45) is 3.29. The van der Waals surface area contributed by atoms with Crippen molar-refractivity contribution in [2.24, 2.45) is 0 Å². The monoisotopic (exact) mass is 333 g/mol. The van der Waals surface area contributed by atoms with Crippen LogP contribution in [0.25, 0.3) is 11.4 Å². The Morgan fingerprint density at radius 2 is 1.60 bits per heavy atom. The Kier molecular flexibility index (Phi) is 4.89. The fourth-order valence-corrected chi connectivity index (χ4v) is 3.44. The molecule has 0 spiro atoms. The van der Waals surface area contributed by atoms with Gasteiger partial charge in [0.1, 0.15) is 0 Å². The summed E-state index contributed by atoms with van der Waals surface area (Å²) in [5.74, 6) is 1.88. The van der Waals surface area contributed by atoms with Crippen LogP contribution in [-0.4, -0.2) is 34.7 Å². The molecule has 0 radical (unpaired) electrons. The average Bonchev–Trinajstić information content (AvgIpc) is 3.19. The van der Waals surface area contributed by atoms with Crippen molar-refractivity contribution >= 4 is 0 Å². The lowest BCUT2D eigenvalue weighted by molar-refractivity contribution is 0.196. The molecule has 0 amide bonds. The quantitative estimate of drug-likeness (QED) is 0.703. The molecule has 1 saturated heterocycles. The van der Waals surface area contributed by atoms with Crippen molar-refractivity contribution < 1.29 is 4.52 Å². The maximum absolute atomic E-state index is 5.54. The van der Waals surface area contributed by atoms with Gasteiger partial charge in [-0.05, 0) is 37.9 Å². The molecule has 1 fully saturated rings. The van der Waals surface area contributed by atoms with Gasteiger partial charge in [-0.15, -0.1) is 0 Å². The molecule has 2 aromatic carbocycles. The molecule has 4 heteroatoms. The average molecular weight is 333 g/mol. The minimum absolute atomic E-state index is 0.387. The first kappa shape index (κ1) is 16.0. The van der Waals surface area contributed by atoms with Gasteiger partial charge in [-0.2, -0.15) is 4.98 Å². The summed E-state index contributed by atoms with van der Waals surface area (Å²) >= 11 is 0. The standard InChI is InChI=1S/C21H23N3O/c1-3-7-17(8-4-1)11-14-24-15-12-19(13-16-24)21-22-20(23-25-21)18-9-5-2-6-10-18/h1-10,19H,11-16H2. The lowest BCUT2D eigenvalue weighted by Gasteiger charge is -2.30. The van der Waals surface area contributed by atoms with Crippen LogP contribution < -0.4 is 0 Å². The molecular formula is C21H23N3O. The molecule has 1 aliphatic rings. The van der Waals surface area contributed by atoms with Crippen LogP contribution >= 0.6 is 0 Å². The van der Waals surface area contributed by atoms with Gasteiger partial charge in [-0.3, -0.25) is 0 Å². The second-order valence-electron chi connectivity index (χ2n) is 6.67. The highest BCUT2D eigenvalue weighted by molar-refractivity contribution is 5.53. The molecule has 0 unspecified atom stereocenters. The Morgan fingerprint density at radius 1 is 0.920 bits per heavy atom. The molecule has 4 nitrogen and oxygen atoms in total. The van der Waals surface area contributed by atoms with Crippen molar-refractivity contribution in [3.05, 3.63) is 72.1 Å². The second-order valence-corrected chi connectivity index (χ2v) is 6.67. The fraction of sp³-hybridized carbons (Fsp3) is 0.333. The topological polar surface area (TPSA) is 42.2 Å². The van der Waals surface area contributed by atoms with Crippen molar-refractivity contribution in [2.75, 3.05) is 19.6 Å². The van der Waals surface area contributed by atoms with Crippen molar-refractivity contribution in [3.63, 3.8) is 0 Å². The van der Waals surface area contributed by atoms with E-state index in [4.69, 9.17) is 4.52 Å². The van der Waals surface area contributed by atoms with E-state index in [1.807, 2.05) is 30.3 Å². The van der Waals surface area contributed by atoms with E-state index in [-0.39, 0.29) is 0 Å². The normalized spacial score (nSPS) is 16.2. The first-order chi connectivity index (χ1) is 12.4. The summed E-state index contributed by atoms with van der Waals surface area (Å²) in [6.45, 7) is 3.32. The Bertz CT molecular complexity index is 777. The Labute approximate surface area is 148 Å². The van der Waals surface area contributed by atoms with E-state index in [1.54, 1.807) is 0 Å². The number of hydrogen-bond acceptors (Lipinski definition) is 4. The van der Waals surface area contributed by atoms with Crippen LogP contribution in [0, 0.1) is 0 Å². The van der Waals surface area contributed by atoms with E-state index >= 15 is 0 Å². The zero-order chi connectivity index (χ0) is 16.9. The Balaban J connectivity index is 1.31. The molecule has 0 N–H and O–H groups in total. The van der Waals surface area contributed by atoms with E-state index in [9.17, 15) is 0 Å². The largest absolute Gasteiger partial charge is 0.339 e. The van der Waals surface area contributed by atoms with Crippen LogP contribution in [0.15, 0.2) is 65.2 Å². The van der Waals surface area contributed by atoms with Gasteiger partial charge in [0.05, 0.1) is 0 Å². The van der Waals surface area contributed by atoms with Crippen LogP contribution in [0.3, 0.4) is 0 Å². The second kappa shape index (κ2) is 7.62. The molecule has 3 aromatic rings. The third-order valence-corrected chi connectivity index (χ3v) is 4.97. The van der Waals surface area contributed by atoms with E-state index in [1.165, 1.54) is 5.56 Å². The summed E-state index contributed by atoms with van der Waals surface area (Å²) in [7, 11) is 0. The molecule has 4 rings (SSSR count). The van der Waals surface area contributed by atoms with Crippen LogP contribution in [0.5, 0.6) is 0 Å². The summed E-state index contributed by atoms with van der Waals surface area (Å²) in [5.41, 5.74) is 2.42. The van der Waals surface area contributed by atoms with Crippen LogP contribution in [0.2, 0.25) is 0 Å². The summed E-state index contributed by atoms with van der Waals surface area (Å²) in [4.78, 5) is 7.17. The molecule has 0 bridgehead atoms. The molecule has 1 aliphatic heterocycles. The highest BCUT2D eigenvalue weighted by Crippen LogP contribution is 2.28. The molecule has 25 heavy (non-hydrogen) atoms. The predicted octanol–water partition coefficient (Wildman–Crippen LogP) is 4.16. The first-order valence-electron chi connectivity index (χ1n) is 9.04. The SMILES string of the molecule is c1ccc(CCN2CCC(c3nc(-c4ccccc4)no3)CC2)cc1. The Morgan fingerprint density at radius 3 is 2.32 bits per heavy atom. The molecule has 1 aromatic heterocycles. The van der Waals surface area contributed by atoms with Gasteiger partial charge in [-0.25, -0.2) is 0 Å². The summed E-state index contributed by atoms with van der Waals surface area (Å²) < 4.78 is 5.54. The molecular weight excluding hydrogens is 310 g/mol. The van der Waals surface area contributed by atoms with Crippen LogP contribution in [0.4, 0.5) is 0 Å². The first-order valence-corrected chi connectivity index (χ1v) is 9.04. The lowest BCUT2D eigenvalue weighted by atomic mass is 9.96. The number of likely N-dealkylation sites (tertiary alicyclic amines) is 1. The molecule has 0 saturated carbocycles. The van der Waals surface area contributed by atoms with Gasteiger partial charge in [-0.1, -0.05) is 65.8 Å². The number of rotatable bonds is 5. The van der Waals surface area contributed by atoms with Gasteiger partial charge in [0.2, 0.25) is 11.7 Å². The number of benzene rings is 2. The maximum atomic E-state index is 5.54. The third-order valence-electron chi connectivity index (χ3n) is 4.97. The number of aromatic nitrogens is 2. The van der Waals surface area contributed by atoms with Crippen LogP contribution in [0.1, 0.15) is 30.2 Å². The molecule has 128 valence electrons. The zero-order valence-electron chi connectivity index (χ0n) is 14.3. The van der Waals surface area contributed by atoms with Crippen molar-refractivity contribution in [1.29, 1.82) is 0 Å². The van der Waals surface area contributed by atoms with Crippen molar-refractivity contribution in [3.8, 4) is 11.4 Å². The smallest absolute Gasteiger partial charge is 0.230 e. The Hall–Kier alpha value is -2.46.